The van der Waals surface area contributed by atoms with Crippen LogP contribution in [0.4, 0.5) is 4.39 Å². The molecule has 0 heterocycles. The number of halogens is 3. The minimum absolute atomic E-state index is 0.0484. The first kappa shape index (κ1) is 15.7. The molecule has 0 saturated carbocycles. The van der Waals surface area contributed by atoms with Gasteiger partial charge in [0, 0.05) is 29.1 Å². The van der Waals surface area contributed by atoms with Crippen LogP contribution < -0.4 is 5.32 Å². The van der Waals surface area contributed by atoms with Crippen molar-refractivity contribution < 1.29 is 4.39 Å². The second kappa shape index (κ2) is 6.74. The lowest BCUT2D eigenvalue weighted by Gasteiger charge is -2.22. The summed E-state index contributed by atoms with van der Waals surface area (Å²) in [6.45, 7) is 7.56. The van der Waals surface area contributed by atoms with Gasteiger partial charge in [-0.2, -0.15) is 0 Å². The minimum atomic E-state index is -0.242. The summed E-state index contributed by atoms with van der Waals surface area (Å²) in [7, 11) is 0. The van der Waals surface area contributed by atoms with Crippen molar-refractivity contribution in [1.82, 2.24) is 5.32 Å². The fraction of sp³-hybridized carbons (Fsp3) is 0.571. The van der Waals surface area contributed by atoms with E-state index in [1.54, 1.807) is 12.1 Å². The van der Waals surface area contributed by atoms with Gasteiger partial charge in [-0.05, 0) is 30.0 Å². The lowest BCUT2D eigenvalue weighted by Crippen LogP contribution is -2.26. The van der Waals surface area contributed by atoms with Crippen molar-refractivity contribution in [2.45, 2.75) is 39.1 Å². The molecule has 1 rings (SSSR count). The van der Waals surface area contributed by atoms with Crippen LogP contribution >= 0.6 is 23.2 Å². The van der Waals surface area contributed by atoms with E-state index in [1.165, 1.54) is 6.07 Å². The molecule has 1 N–H and O–H groups in total. The van der Waals surface area contributed by atoms with Crippen LogP contribution in [0.15, 0.2) is 18.2 Å². The van der Waals surface area contributed by atoms with Crippen molar-refractivity contribution >= 4 is 23.2 Å². The monoisotopic (exact) mass is 291 g/mol. The molecule has 0 bridgehead atoms. The van der Waals surface area contributed by atoms with Crippen molar-refractivity contribution in [2.24, 2.45) is 5.41 Å². The Morgan fingerprint density at radius 1 is 1.33 bits per heavy atom. The smallest absolute Gasteiger partial charge is 0.127 e. The molecular formula is C14H20Cl2FN. The standard InChI is InChI=1S/C14H20Cl2FN/c1-14(2,3)7-12(16)9-18-8-10-6-11(15)4-5-13(10)17/h4-6,12,18H,7-9H2,1-3H3. The first-order valence-electron chi connectivity index (χ1n) is 6.06. The normalized spacial score (nSPS) is 13.7. The minimum Gasteiger partial charge on any atom is -0.311 e. The van der Waals surface area contributed by atoms with Gasteiger partial charge in [0.05, 0.1) is 0 Å². The van der Waals surface area contributed by atoms with E-state index >= 15 is 0 Å². The second-order valence-corrected chi connectivity index (χ2v) is 6.78. The van der Waals surface area contributed by atoms with Gasteiger partial charge >= 0.3 is 0 Å². The molecule has 1 atom stereocenters. The first-order chi connectivity index (χ1) is 8.28. The van der Waals surface area contributed by atoms with Gasteiger partial charge in [0.1, 0.15) is 5.82 Å². The zero-order valence-electron chi connectivity index (χ0n) is 11.1. The summed E-state index contributed by atoms with van der Waals surface area (Å²) in [6, 6.07) is 4.56. The van der Waals surface area contributed by atoms with E-state index < -0.39 is 0 Å². The van der Waals surface area contributed by atoms with E-state index in [1.807, 2.05) is 0 Å². The molecule has 1 aromatic rings. The molecule has 1 aromatic carbocycles. The molecule has 0 aromatic heterocycles. The fourth-order valence-electron chi connectivity index (χ4n) is 1.78. The van der Waals surface area contributed by atoms with Gasteiger partial charge in [-0.15, -0.1) is 11.6 Å². The Morgan fingerprint density at radius 2 is 2.00 bits per heavy atom. The van der Waals surface area contributed by atoms with Gasteiger partial charge in [0.25, 0.3) is 0 Å². The predicted octanol–water partition coefficient (Wildman–Crippen LogP) is 4.61. The highest BCUT2D eigenvalue weighted by atomic mass is 35.5. The number of hydrogen-bond acceptors (Lipinski definition) is 1. The van der Waals surface area contributed by atoms with E-state index in [0.717, 1.165) is 6.42 Å². The topological polar surface area (TPSA) is 12.0 Å². The highest BCUT2D eigenvalue weighted by Gasteiger charge is 2.16. The fourth-order valence-corrected chi connectivity index (χ4v) is 2.55. The van der Waals surface area contributed by atoms with Gasteiger partial charge in [-0.1, -0.05) is 32.4 Å². The Bertz CT molecular complexity index is 388. The van der Waals surface area contributed by atoms with Crippen molar-refractivity contribution in [3.8, 4) is 0 Å². The molecule has 4 heteroatoms. The van der Waals surface area contributed by atoms with E-state index in [4.69, 9.17) is 23.2 Å². The van der Waals surface area contributed by atoms with Gasteiger partial charge in [0.2, 0.25) is 0 Å². The number of hydrogen-bond donors (Lipinski definition) is 1. The van der Waals surface area contributed by atoms with E-state index in [9.17, 15) is 4.39 Å². The van der Waals surface area contributed by atoms with Crippen LogP contribution in [0.3, 0.4) is 0 Å². The van der Waals surface area contributed by atoms with Crippen molar-refractivity contribution in [3.63, 3.8) is 0 Å². The maximum Gasteiger partial charge on any atom is 0.127 e. The van der Waals surface area contributed by atoms with Crippen LogP contribution in [-0.4, -0.2) is 11.9 Å². The summed E-state index contributed by atoms with van der Waals surface area (Å²) in [5, 5.41) is 3.76. The number of alkyl halides is 1. The maximum atomic E-state index is 13.4. The van der Waals surface area contributed by atoms with Gasteiger partial charge in [0.15, 0.2) is 0 Å². The highest BCUT2D eigenvalue weighted by molar-refractivity contribution is 6.30. The molecule has 0 radical (unpaired) electrons. The molecule has 0 aliphatic rings. The number of rotatable bonds is 5. The Kier molecular flexibility index (Phi) is 5.90. The zero-order chi connectivity index (χ0) is 13.8. The first-order valence-corrected chi connectivity index (χ1v) is 6.88. The van der Waals surface area contributed by atoms with Gasteiger partial charge in [-0.3, -0.25) is 0 Å². The van der Waals surface area contributed by atoms with Crippen LogP contribution in [0.1, 0.15) is 32.8 Å². The van der Waals surface area contributed by atoms with Crippen LogP contribution in [0, 0.1) is 11.2 Å². The summed E-state index contributed by atoms with van der Waals surface area (Å²) < 4.78 is 13.4. The van der Waals surface area contributed by atoms with E-state index in [0.29, 0.717) is 23.7 Å². The van der Waals surface area contributed by atoms with Gasteiger partial charge < -0.3 is 5.32 Å². The van der Waals surface area contributed by atoms with Crippen LogP contribution in [0.5, 0.6) is 0 Å². The second-order valence-electron chi connectivity index (χ2n) is 5.73. The molecule has 0 amide bonds. The van der Waals surface area contributed by atoms with E-state index in [-0.39, 0.29) is 16.6 Å². The largest absolute Gasteiger partial charge is 0.311 e. The van der Waals surface area contributed by atoms with Crippen LogP contribution in [0.2, 0.25) is 5.02 Å². The maximum absolute atomic E-state index is 13.4. The van der Waals surface area contributed by atoms with Crippen LogP contribution in [0.25, 0.3) is 0 Å². The molecule has 0 saturated heterocycles. The molecule has 102 valence electrons. The summed E-state index contributed by atoms with van der Waals surface area (Å²) in [5.41, 5.74) is 0.775. The molecule has 0 fully saturated rings. The Morgan fingerprint density at radius 3 is 2.61 bits per heavy atom. The molecular weight excluding hydrogens is 272 g/mol. The Balaban J connectivity index is 2.40. The average Bonchev–Trinajstić information content (AvgIpc) is 2.20. The third kappa shape index (κ3) is 6.03. The van der Waals surface area contributed by atoms with Crippen LogP contribution in [-0.2, 0) is 6.54 Å². The van der Waals surface area contributed by atoms with Crippen molar-refractivity contribution in [3.05, 3.63) is 34.6 Å². The summed E-state index contributed by atoms with van der Waals surface area (Å²) >= 11 is 12.0. The van der Waals surface area contributed by atoms with Crippen molar-refractivity contribution in [1.29, 1.82) is 0 Å². The average molecular weight is 292 g/mol. The van der Waals surface area contributed by atoms with Crippen molar-refractivity contribution in [2.75, 3.05) is 6.54 Å². The molecule has 1 unspecified atom stereocenters. The molecule has 0 aliphatic heterocycles. The molecule has 1 nitrogen and oxygen atoms in total. The summed E-state index contributed by atoms with van der Waals surface area (Å²) in [5.74, 6) is -0.242. The summed E-state index contributed by atoms with van der Waals surface area (Å²) in [4.78, 5) is 0. The highest BCUT2D eigenvalue weighted by Crippen LogP contribution is 2.23. The summed E-state index contributed by atoms with van der Waals surface area (Å²) in [6.07, 6.45) is 0.916. The Hall–Kier alpha value is -0.310. The quantitative estimate of drug-likeness (QED) is 0.781. The lowest BCUT2D eigenvalue weighted by atomic mass is 9.90. The van der Waals surface area contributed by atoms with Gasteiger partial charge in [-0.25, -0.2) is 4.39 Å². The third-order valence-electron chi connectivity index (χ3n) is 2.52. The Labute approximate surface area is 119 Å². The SMILES string of the molecule is CC(C)(C)CC(Cl)CNCc1cc(Cl)ccc1F. The predicted molar refractivity (Wildman–Crippen MR) is 76.8 cm³/mol. The van der Waals surface area contributed by atoms with E-state index in [2.05, 4.69) is 26.1 Å². The third-order valence-corrected chi connectivity index (χ3v) is 3.07. The molecule has 0 aliphatic carbocycles. The number of nitrogens with one attached hydrogen (secondary N) is 1. The lowest BCUT2D eigenvalue weighted by molar-refractivity contribution is 0.364. The molecule has 18 heavy (non-hydrogen) atoms. The molecule has 0 spiro atoms. The number of benzene rings is 1. The zero-order valence-corrected chi connectivity index (χ0v) is 12.6.